The van der Waals surface area contributed by atoms with Crippen LogP contribution in [0.2, 0.25) is 0 Å². The van der Waals surface area contributed by atoms with Gasteiger partial charge in [-0.25, -0.2) is 4.79 Å². The molecule has 0 heterocycles. The average Bonchev–Trinajstić information content (AvgIpc) is 2.43. The van der Waals surface area contributed by atoms with Crippen LogP contribution < -0.4 is 5.32 Å². The largest absolute Gasteiger partial charge is 0.479 e. The van der Waals surface area contributed by atoms with E-state index >= 15 is 0 Å². The molecule has 0 radical (unpaired) electrons. The molecule has 21 heavy (non-hydrogen) atoms. The summed E-state index contributed by atoms with van der Waals surface area (Å²) in [5.74, 6) is -1.75. The molecule has 2 atom stereocenters. The third-order valence-electron chi connectivity index (χ3n) is 3.51. The van der Waals surface area contributed by atoms with Crippen molar-refractivity contribution in [2.75, 3.05) is 6.54 Å². The first kappa shape index (κ1) is 17.2. The standard InChI is InChI=1S/C16H23NO4/c1-11(2)13(9-12-7-5-4-6-8-12)14(18)17-10-16(3,21)15(19)20/h4-8,11,13,21H,9-10H2,1-3H3,(H,17,18)(H,19,20). The second kappa shape index (κ2) is 7.22. The number of nitrogens with one attached hydrogen (secondary N) is 1. The number of aliphatic carboxylic acids is 1. The first-order valence-electron chi connectivity index (χ1n) is 7.01. The van der Waals surface area contributed by atoms with Crippen LogP contribution in [-0.2, 0) is 16.0 Å². The molecule has 0 aliphatic rings. The van der Waals surface area contributed by atoms with Gasteiger partial charge in [-0.1, -0.05) is 44.2 Å². The zero-order valence-corrected chi connectivity index (χ0v) is 12.7. The molecule has 116 valence electrons. The first-order valence-corrected chi connectivity index (χ1v) is 7.01. The highest BCUT2D eigenvalue weighted by molar-refractivity contribution is 5.81. The van der Waals surface area contributed by atoms with Crippen molar-refractivity contribution in [1.82, 2.24) is 5.32 Å². The topological polar surface area (TPSA) is 86.6 Å². The van der Waals surface area contributed by atoms with Gasteiger partial charge in [-0.15, -0.1) is 0 Å². The number of hydrogen-bond donors (Lipinski definition) is 3. The third-order valence-corrected chi connectivity index (χ3v) is 3.51. The van der Waals surface area contributed by atoms with Crippen LogP contribution in [-0.4, -0.2) is 34.2 Å². The summed E-state index contributed by atoms with van der Waals surface area (Å²) in [6, 6.07) is 9.66. The van der Waals surface area contributed by atoms with Crippen LogP contribution in [0.1, 0.15) is 26.3 Å². The third kappa shape index (κ3) is 5.19. The van der Waals surface area contributed by atoms with Crippen LogP contribution in [0.5, 0.6) is 0 Å². The van der Waals surface area contributed by atoms with Crippen molar-refractivity contribution in [3.8, 4) is 0 Å². The zero-order valence-electron chi connectivity index (χ0n) is 12.7. The van der Waals surface area contributed by atoms with Gasteiger partial charge in [0.15, 0.2) is 5.60 Å². The molecule has 5 heteroatoms. The van der Waals surface area contributed by atoms with Crippen molar-refractivity contribution in [2.45, 2.75) is 32.8 Å². The molecular formula is C16H23NO4. The Morgan fingerprint density at radius 1 is 1.24 bits per heavy atom. The van der Waals surface area contributed by atoms with Gasteiger partial charge < -0.3 is 15.5 Å². The Balaban J connectivity index is 2.69. The first-order chi connectivity index (χ1) is 9.74. The number of carboxylic acid groups (broad SMARTS) is 1. The zero-order chi connectivity index (χ0) is 16.0. The summed E-state index contributed by atoms with van der Waals surface area (Å²) >= 11 is 0. The van der Waals surface area contributed by atoms with E-state index in [0.29, 0.717) is 6.42 Å². The maximum Gasteiger partial charge on any atom is 0.337 e. The van der Waals surface area contributed by atoms with Gasteiger partial charge in [0.1, 0.15) is 0 Å². The molecule has 1 amide bonds. The maximum absolute atomic E-state index is 12.2. The number of carboxylic acids is 1. The summed E-state index contributed by atoms with van der Waals surface area (Å²) in [5, 5.41) is 21.0. The Bertz CT molecular complexity index is 482. The molecule has 0 saturated heterocycles. The molecular weight excluding hydrogens is 270 g/mol. The summed E-state index contributed by atoms with van der Waals surface area (Å²) in [6.45, 7) is 4.75. The van der Waals surface area contributed by atoms with E-state index in [2.05, 4.69) is 5.32 Å². The highest BCUT2D eigenvalue weighted by Crippen LogP contribution is 2.18. The maximum atomic E-state index is 12.2. The van der Waals surface area contributed by atoms with Gasteiger partial charge in [0.05, 0.1) is 6.54 Å². The minimum Gasteiger partial charge on any atom is -0.479 e. The highest BCUT2D eigenvalue weighted by Gasteiger charge is 2.32. The van der Waals surface area contributed by atoms with Crippen molar-refractivity contribution < 1.29 is 19.8 Å². The Kier molecular flexibility index (Phi) is 5.90. The monoisotopic (exact) mass is 293 g/mol. The Morgan fingerprint density at radius 2 is 1.81 bits per heavy atom. The van der Waals surface area contributed by atoms with Gasteiger partial charge in [0.25, 0.3) is 0 Å². The fourth-order valence-corrected chi connectivity index (χ4v) is 1.97. The summed E-state index contributed by atoms with van der Waals surface area (Å²) in [6.07, 6.45) is 0.583. The number of aliphatic hydroxyl groups is 1. The fraction of sp³-hybridized carbons (Fsp3) is 0.500. The number of hydrogen-bond acceptors (Lipinski definition) is 3. The van der Waals surface area contributed by atoms with E-state index in [0.717, 1.165) is 12.5 Å². The van der Waals surface area contributed by atoms with E-state index in [1.165, 1.54) is 0 Å². The lowest BCUT2D eigenvalue weighted by Gasteiger charge is -2.23. The van der Waals surface area contributed by atoms with Gasteiger partial charge in [-0.3, -0.25) is 4.79 Å². The SMILES string of the molecule is CC(C)C(Cc1ccccc1)C(=O)NCC(C)(O)C(=O)O. The number of rotatable bonds is 7. The van der Waals surface area contributed by atoms with E-state index in [4.69, 9.17) is 5.11 Å². The number of carbonyl (C=O) groups is 2. The average molecular weight is 293 g/mol. The Morgan fingerprint density at radius 3 is 2.29 bits per heavy atom. The smallest absolute Gasteiger partial charge is 0.337 e. The van der Waals surface area contributed by atoms with Crippen LogP contribution in [0.15, 0.2) is 30.3 Å². The van der Waals surface area contributed by atoms with Crippen LogP contribution in [0.25, 0.3) is 0 Å². The lowest BCUT2D eigenvalue weighted by atomic mass is 9.88. The second-order valence-electron chi connectivity index (χ2n) is 5.84. The van der Waals surface area contributed by atoms with E-state index in [1.54, 1.807) is 0 Å². The molecule has 2 unspecified atom stereocenters. The molecule has 1 aromatic rings. The summed E-state index contributed by atoms with van der Waals surface area (Å²) < 4.78 is 0. The predicted molar refractivity (Wildman–Crippen MR) is 79.7 cm³/mol. The van der Waals surface area contributed by atoms with Crippen molar-refractivity contribution in [3.63, 3.8) is 0 Å². The minimum absolute atomic E-state index is 0.111. The van der Waals surface area contributed by atoms with Gasteiger partial charge >= 0.3 is 5.97 Å². The predicted octanol–water partition coefficient (Wildman–Crippen LogP) is 1.45. The number of amides is 1. The highest BCUT2D eigenvalue weighted by atomic mass is 16.4. The molecule has 0 bridgehead atoms. The number of benzene rings is 1. The van der Waals surface area contributed by atoms with Gasteiger partial charge in [-0.05, 0) is 24.8 Å². The van der Waals surface area contributed by atoms with Crippen LogP contribution in [0.4, 0.5) is 0 Å². The Labute approximate surface area is 125 Å². The molecule has 0 aromatic heterocycles. The second-order valence-corrected chi connectivity index (χ2v) is 5.84. The molecule has 1 aromatic carbocycles. The lowest BCUT2D eigenvalue weighted by molar-refractivity contribution is -0.156. The van der Waals surface area contributed by atoms with E-state index in [1.807, 2.05) is 44.2 Å². The molecule has 1 rings (SSSR count). The van der Waals surface area contributed by atoms with Crippen LogP contribution in [0, 0.1) is 11.8 Å². The summed E-state index contributed by atoms with van der Waals surface area (Å²) in [7, 11) is 0. The van der Waals surface area contributed by atoms with E-state index in [9.17, 15) is 14.7 Å². The van der Waals surface area contributed by atoms with E-state index < -0.39 is 11.6 Å². The summed E-state index contributed by atoms with van der Waals surface area (Å²) in [4.78, 5) is 23.1. The fourth-order valence-electron chi connectivity index (χ4n) is 1.97. The minimum atomic E-state index is -1.95. The van der Waals surface area contributed by atoms with Crippen molar-refractivity contribution >= 4 is 11.9 Å². The quantitative estimate of drug-likeness (QED) is 0.710. The molecule has 0 spiro atoms. The number of carbonyl (C=O) groups excluding carboxylic acids is 1. The van der Waals surface area contributed by atoms with Gasteiger partial charge in [-0.2, -0.15) is 0 Å². The van der Waals surface area contributed by atoms with Gasteiger partial charge in [0.2, 0.25) is 5.91 Å². The van der Waals surface area contributed by atoms with Crippen molar-refractivity contribution in [3.05, 3.63) is 35.9 Å². The molecule has 5 nitrogen and oxygen atoms in total. The molecule has 0 fully saturated rings. The van der Waals surface area contributed by atoms with Crippen molar-refractivity contribution in [1.29, 1.82) is 0 Å². The molecule has 0 saturated carbocycles. The molecule has 0 aliphatic heterocycles. The van der Waals surface area contributed by atoms with Gasteiger partial charge in [0, 0.05) is 5.92 Å². The molecule has 3 N–H and O–H groups in total. The molecule has 0 aliphatic carbocycles. The van der Waals surface area contributed by atoms with Crippen LogP contribution >= 0.6 is 0 Å². The normalized spacial score (nSPS) is 15.3. The summed E-state index contributed by atoms with van der Waals surface area (Å²) in [5.41, 5.74) is -0.902. The Hall–Kier alpha value is -1.88. The van der Waals surface area contributed by atoms with Crippen molar-refractivity contribution in [2.24, 2.45) is 11.8 Å². The van der Waals surface area contributed by atoms with E-state index in [-0.39, 0.29) is 24.3 Å². The lowest BCUT2D eigenvalue weighted by Crippen LogP contribution is -2.48. The van der Waals surface area contributed by atoms with Crippen LogP contribution in [0.3, 0.4) is 0 Å².